The fraction of sp³-hybridized carbons (Fsp3) is 0.0545. The maximum Gasteiger partial charge on any atom is 0.0158 e. The molecule has 0 aliphatic heterocycles. The summed E-state index contributed by atoms with van der Waals surface area (Å²) in [5.74, 6) is 0. The predicted octanol–water partition coefficient (Wildman–Crippen LogP) is 15.4. The molecule has 0 heteroatoms. The van der Waals surface area contributed by atoms with E-state index in [1.54, 1.807) is 0 Å². The van der Waals surface area contributed by atoms with Crippen LogP contribution in [-0.4, -0.2) is 0 Å². The molecule has 0 heterocycles. The van der Waals surface area contributed by atoms with Crippen LogP contribution in [-0.2, 0) is 5.41 Å². The third-order valence-corrected chi connectivity index (χ3v) is 12.8. The Morgan fingerprint density at radius 2 is 0.855 bits per heavy atom. The molecule has 11 aromatic carbocycles. The minimum Gasteiger partial charge on any atom is -0.0619 e. The van der Waals surface area contributed by atoms with E-state index in [0.29, 0.717) is 0 Å². The van der Waals surface area contributed by atoms with Gasteiger partial charge in [-0.25, -0.2) is 0 Å². The lowest BCUT2D eigenvalue weighted by Crippen LogP contribution is -2.14. The van der Waals surface area contributed by atoms with E-state index in [-0.39, 0.29) is 5.41 Å². The molecule has 0 saturated heterocycles. The van der Waals surface area contributed by atoms with Crippen molar-refractivity contribution in [2.45, 2.75) is 19.3 Å². The summed E-state index contributed by atoms with van der Waals surface area (Å²) in [4.78, 5) is 0. The van der Waals surface area contributed by atoms with Crippen LogP contribution in [0.25, 0.3) is 109 Å². The van der Waals surface area contributed by atoms with Crippen LogP contribution in [0.3, 0.4) is 0 Å². The normalized spacial score (nSPS) is 13.4. The van der Waals surface area contributed by atoms with Gasteiger partial charge in [0, 0.05) is 5.41 Å². The van der Waals surface area contributed by atoms with E-state index in [1.165, 1.54) is 120 Å². The lowest BCUT2D eigenvalue weighted by Gasteiger charge is -2.22. The van der Waals surface area contributed by atoms with E-state index in [4.69, 9.17) is 0 Å². The second-order valence-corrected chi connectivity index (χ2v) is 16.0. The summed E-state index contributed by atoms with van der Waals surface area (Å²) in [5, 5.41) is 15.5. The van der Waals surface area contributed by atoms with Crippen molar-refractivity contribution in [2.24, 2.45) is 0 Å². The molecule has 11 aromatic rings. The van der Waals surface area contributed by atoms with E-state index < -0.39 is 0 Å². The van der Waals surface area contributed by atoms with Gasteiger partial charge in [0.25, 0.3) is 0 Å². The molecule has 0 radical (unpaired) electrons. The van der Waals surface area contributed by atoms with Gasteiger partial charge in [-0.3, -0.25) is 0 Å². The molecule has 0 N–H and O–H groups in total. The Morgan fingerprint density at radius 1 is 0.291 bits per heavy atom. The first kappa shape index (κ1) is 30.7. The minimum absolute atomic E-state index is 0.0449. The zero-order valence-electron chi connectivity index (χ0n) is 30.8. The Morgan fingerprint density at radius 3 is 1.71 bits per heavy atom. The highest BCUT2D eigenvalue weighted by Gasteiger charge is 2.35. The van der Waals surface area contributed by atoms with Gasteiger partial charge in [-0.15, -0.1) is 0 Å². The van der Waals surface area contributed by atoms with Crippen molar-refractivity contribution in [3.05, 3.63) is 193 Å². The summed E-state index contributed by atoms with van der Waals surface area (Å²) < 4.78 is 0. The van der Waals surface area contributed by atoms with E-state index in [0.717, 1.165) is 0 Å². The van der Waals surface area contributed by atoms with Crippen LogP contribution in [0.4, 0.5) is 0 Å². The van der Waals surface area contributed by atoms with Gasteiger partial charge in [0.05, 0.1) is 0 Å². The van der Waals surface area contributed by atoms with Gasteiger partial charge in [-0.2, -0.15) is 0 Å². The second-order valence-electron chi connectivity index (χ2n) is 16.0. The van der Waals surface area contributed by atoms with Crippen molar-refractivity contribution < 1.29 is 0 Å². The summed E-state index contributed by atoms with van der Waals surface area (Å²) in [6.45, 7) is 4.73. The van der Waals surface area contributed by atoms with Gasteiger partial charge in [-0.05, 0) is 138 Å². The number of hydrogen-bond acceptors (Lipinski definition) is 0. The molecule has 0 atom stereocenters. The summed E-state index contributed by atoms with van der Waals surface area (Å²) >= 11 is 0. The summed E-state index contributed by atoms with van der Waals surface area (Å²) in [6, 6.07) is 68.7. The van der Waals surface area contributed by atoms with Crippen molar-refractivity contribution in [1.82, 2.24) is 0 Å². The third kappa shape index (κ3) is 4.28. The molecule has 0 saturated carbocycles. The van der Waals surface area contributed by atoms with Crippen LogP contribution in [0.2, 0.25) is 0 Å². The number of benzene rings is 11. The van der Waals surface area contributed by atoms with Crippen molar-refractivity contribution in [2.75, 3.05) is 0 Å². The average Bonchev–Trinajstić information content (AvgIpc) is 3.46. The van der Waals surface area contributed by atoms with Gasteiger partial charge >= 0.3 is 0 Å². The molecular formula is C55H36. The maximum absolute atomic E-state index is 2.47. The van der Waals surface area contributed by atoms with E-state index >= 15 is 0 Å². The lowest BCUT2D eigenvalue weighted by atomic mass is 9.80. The van der Waals surface area contributed by atoms with Gasteiger partial charge in [0.1, 0.15) is 0 Å². The van der Waals surface area contributed by atoms with E-state index in [2.05, 4.69) is 196 Å². The van der Waals surface area contributed by atoms with Crippen LogP contribution >= 0.6 is 0 Å². The van der Waals surface area contributed by atoms with Crippen LogP contribution < -0.4 is 0 Å². The van der Waals surface area contributed by atoms with Gasteiger partial charge < -0.3 is 0 Å². The third-order valence-electron chi connectivity index (χ3n) is 12.8. The molecule has 12 rings (SSSR count). The molecule has 0 fully saturated rings. The molecule has 55 heavy (non-hydrogen) atoms. The number of fused-ring (bicyclic) bond motifs is 6. The Labute approximate surface area is 320 Å². The van der Waals surface area contributed by atoms with E-state index in [1.807, 2.05) is 0 Å². The number of hydrogen-bond donors (Lipinski definition) is 0. The Bertz CT molecular complexity index is 3380. The van der Waals surface area contributed by atoms with Crippen LogP contribution in [0, 0.1) is 0 Å². The molecule has 0 nitrogen and oxygen atoms in total. The van der Waals surface area contributed by atoms with Crippen LogP contribution in [0.1, 0.15) is 25.0 Å². The molecule has 0 amide bonds. The molecule has 1 aliphatic carbocycles. The Kier molecular flexibility index (Phi) is 6.21. The largest absolute Gasteiger partial charge is 0.0619 e. The smallest absolute Gasteiger partial charge is 0.0158 e. The van der Waals surface area contributed by atoms with Crippen molar-refractivity contribution in [3.8, 4) is 44.5 Å². The molecule has 256 valence electrons. The highest BCUT2D eigenvalue weighted by atomic mass is 14.4. The van der Waals surface area contributed by atoms with Crippen molar-refractivity contribution >= 4 is 64.6 Å². The quantitative estimate of drug-likeness (QED) is 0.127. The first-order chi connectivity index (χ1) is 27.0. The summed E-state index contributed by atoms with van der Waals surface area (Å²) in [7, 11) is 0. The molecule has 0 aromatic heterocycles. The first-order valence-electron chi connectivity index (χ1n) is 19.4. The van der Waals surface area contributed by atoms with Crippen molar-refractivity contribution in [1.29, 1.82) is 0 Å². The molecule has 1 aliphatic rings. The van der Waals surface area contributed by atoms with Gasteiger partial charge in [-0.1, -0.05) is 178 Å². The lowest BCUT2D eigenvalue weighted by molar-refractivity contribution is 0.660. The molecule has 0 bridgehead atoms. The standard InChI is InChI=1S/C55H36/c1-55(2)49-17-8-7-14-41(49)47-32-40(25-29-50(47)55)52-42-15-5-6-16-43(42)54(45-27-23-36-20-19-34-12-9-13-35-22-26-44(45)53(36)51(34)35)46-28-24-39(31-48(46)52)38-21-18-33-10-3-4-11-37(33)30-38/h3-32H,1-2H3. The number of rotatable bonds is 3. The van der Waals surface area contributed by atoms with Crippen LogP contribution in [0.5, 0.6) is 0 Å². The highest BCUT2D eigenvalue weighted by molar-refractivity contribution is 6.29. The predicted molar refractivity (Wildman–Crippen MR) is 237 cm³/mol. The summed E-state index contributed by atoms with van der Waals surface area (Å²) in [5.41, 5.74) is 13.0. The maximum atomic E-state index is 2.47. The Hall–Kier alpha value is -6.76. The molecule has 0 spiro atoms. The SMILES string of the molecule is CC1(C)c2ccccc2-c2cc(-c3c4ccccc4c(-c4ccc5ccc6cccc7ccc4c5c67)c4ccc(-c5ccc6ccccc6c5)cc34)ccc21. The van der Waals surface area contributed by atoms with Crippen molar-refractivity contribution in [3.63, 3.8) is 0 Å². The first-order valence-corrected chi connectivity index (χ1v) is 19.4. The minimum atomic E-state index is -0.0449. The van der Waals surface area contributed by atoms with E-state index in [9.17, 15) is 0 Å². The fourth-order valence-electron chi connectivity index (χ4n) is 10.2. The topological polar surface area (TPSA) is 0 Å². The second kappa shape index (κ2) is 11.1. The Balaban J connectivity index is 1.20. The monoisotopic (exact) mass is 696 g/mol. The summed E-state index contributed by atoms with van der Waals surface area (Å²) in [6.07, 6.45) is 0. The van der Waals surface area contributed by atoms with Crippen LogP contribution in [0.15, 0.2) is 182 Å². The molecule has 0 unspecified atom stereocenters. The average molecular weight is 697 g/mol. The van der Waals surface area contributed by atoms with Gasteiger partial charge in [0.15, 0.2) is 0 Å². The van der Waals surface area contributed by atoms with Gasteiger partial charge in [0.2, 0.25) is 0 Å². The fourth-order valence-corrected chi connectivity index (χ4v) is 10.2. The highest BCUT2D eigenvalue weighted by Crippen LogP contribution is 2.52. The zero-order chi connectivity index (χ0) is 36.4. The zero-order valence-corrected chi connectivity index (χ0v) is 30.8. The molecular weight excluding hydrogens is 661 g/mol.